The molecule has 16 heavy (non-hydrogen) atoms. The minimum absolute atomic E-state index is 0. The van der Waals surface area contributed by atoms with E-state index in [-0.39, 0.29) is 24.5 Å². The standard InChI is InChI=1S/C11H12BrNO2.ClH/c1-7-2-3-8(9(12)6-7)10-4-5-15-11(14)13-10;/h2-3,6,10H,4-5H2,1H3,(H,13,14);1H/t10-;/m0./s1. The van der Waals surface area contributed by atoms with Gasteiger partial charge in [-0.25, -0.2) is 4.79 Å². The van der Waals surface area contributed by atoms with Crippen molar-refractivity contribution in [3.63, 3.8) is 0 Å². The number of benzene rings is 1. The van der Waals surface area contributed by atoms with Crippen molar-refractivity contribution >= 4 is 34.4 Å². The Morgan fingerprint density at radius 3 is 2.88 bits per heavy atom. The number of rotatable bonds is 1. The Hall–Kier alpha value is -0.740. The minimum Gasteiger partial charge on any atom is -0.449 e. The molecular weight excluding hydrogens is 293 g/mol. The fourth-order valence-corrected chi connectivity index (χ4v) is 2.44. The Morgan fingerprint density at radius 1 is 1.50 bits per heavy atom. The molecule has 1 aliphatic heterocycles. The molecule has 1 fully saturated rings. The molecule has 5 heteroatoms. The number of hydrogen-bond donors (Lipinski definition) is 1. The van der Waals surface area contributed by atoms with Crippen LogP contribution in [-0.4, -0.2) is 12.7 Å². The van der Waals surface area contributed by atoms with Crippen LogP contribution in [0.1, 0.15) is 23.6 Å². The third-order valence-electron chi connectivity index (χ3n) is 2.46. The van der Waals surface area contributed by atoms with Gasteiger partial charge in [-0.15, -0.1) is 12.4 Å². The third-order valence-corrected chi connectivity index (χ3v) is 3.15. The first-order chi connectivity index (χ1) is 7.16. The molecule has 0 unspecified atom stereocenters. The van der Waals surface area contributed by atoms with Gasteiger partial charge in [0, 0.05) is 10.9 Å². The summed E-state index contributed by atoms with van der Waals surface area (Å²) in [6.45, 7) is 2.52. The second kappa shape index (κ2) is 5.55. The summed E-state index contributed by atoms with van der Waals surface area (Å²) in [6, 6.07) is 6.19. The normalized spacial score (nSPS) is 19.4. The van der Waals surface area contributed by atoms with Crippen LogP contribution < -0.4 is 5.32 Å². The van der Waals surface area contributed by atoms with Crippen molar-refractivity contribution in [3.8, 4) is 0 Å². The number of halogens is 2. The van der Waals surface area contributed by atoms with Crippen LogP contribution in [0, 0.1) is 6.92 Å². The smallest absolute Gasteiger partial charge is 0.407 e. The van der Waals surface area contributed by atoms with Crippen LogP contribution in [-0.2, 0) is 4.74 Å². The quantitative estimate of drug-likeness (QED) is 0.864. The summed E-state index contributed by atoms with van der Waals surface area (Å²) in [5, 5.41) is 2.80. The van der Waals surface area contributed by atoms with E-state index >= 15 is 0 Å². The van der Waals surface area contributed by atoms with Crippen molar-refractivity contribution in [1.82, 2.24) is 5.32 Å². The second-order valence-corrected chi connectivity index (χ2v) is 4.50. The highest BCUT2D eigenvalue weighted by Gasteiger charge is 2.22. The molecule has 0 spiro atoms. The maximum atomic E-state index is 11.1. The van der Waals surface area contributed by atoms with Crippen molar-refractivity contribution in [2.45, 2.75) is 19.4 Å². The Morgan fingerprint density at radius 2 is 2.25 bits per heavy atom. The lowest BCUT2D eigenvalue weighted by atomic mass is 10.0. The maximum absolute atomic E-state index is 11.1. The fourth-order valence-electron chi connectivity index (χ4n) is 1.67. The zero-order valence-electron chi connectivity index (χ0n) is 8.83. The monoisotopic (exact) mass is 305 g/mol. The number of amides is 1. The van der Waals surface area contributed by atoms with Crippen molar-refractivity contribution in [3.05, 3.63) is 33.8 Å². The van der Waals surface area contributed by atoms with Gasteiger partial charge >= 0.3 is 6.09 Å². The number of cyclic esters (lactones) is 1. The van der Waals surface area contributed by atoms with Crippen molar-refractivity contribution in [2.75, 3.05) is 6.61 Å². The topological polar surface area (TPSA) is 38.3 Å². The van der Waals surface area contributed by atoms with E-state index in [1.807, 2.05) is 19.1 Å². The third kappa shape index (κ3) is 2.89. The van der Waals surface area contributed by atoms with Gasteiger partial charge in [0.05, 0.1) is 12.6 Å². The first-order valence-electron chi connectivity index (χ1n) is 4.86. The van der Waals surface area contributed by atoms with E-state index in [1.54, 1.807) is 0 Å². The van der Waals surface area contributed by atoms with Crippen LogP contribution in [0.4, 0.5) is 4.79 Å². The molecule has 1 aromatic rings. The maximum Gasteiger partial charge on any atom is 0.407 e. The van der Waals surface area contributed by atoms with E-state index in [0.29, 0.717) is 6.61 Å². The molecule has 2 rings (SSSR count). The zero-order chi connectivity index (χ0) is 10.8. The summed E-state index contributed by atoms with van der Waals surface area (Å²) in [5.41, 5.74) is 2.31. The molecule has 0 bridgehead atoms. The molecule has 1 amide bonds. The summed E-state index contributed by atoms with van der Waals surface area (Å²) in [7, 11) is 0. The molecule has 1 aliphatic rings. The van der Waals surface area contributed by atoms with Crippen LogP contribution in [0.25, 0.3) is 0 Å². The van der Waals surface area contributed by atoms with Gasteiger partial charge in [-0.2, -0.15) is 0 Å². The lowest BCUT2D eigenvalue weighted by Gasteiger charge is -2.24. The van der Waals surface area contributed by atoms with Crippen LogP contribution in [0.15, 0.2) is 22.7 Å². The molecule has 0 radical (unpaired) electrons. The molecule has 1 atom stereocenters. The summed E-state index contributed by atoms with van der Waals surface area (Å²) < 4.78 is 5.86. The van der Waals surface area contributed by atoms with Gasteiger partial charge in [0.2, 0.25) is 0 Å². The van der Waals surface area contributed by atoms with Crippen molar-refractivity contribution in [1.29, 1.82) is 0 Å². The molecule has 1 heterocycles. The van der Waals surface area contributed by atoms with Crippen molar-refractivity contribution in [2.24, 2.45) is 0 Å². The predicted molar refractivity (Wildman–Crippen MR) is 68.0 cm³/mol. The fraction of sp³-hybridized carbons (Fsp3) is 0.364. The van der Waals surface area contributed by atoms with Crippen LogP contribution >= 0.6 is 28.3 Å². The minimum atomic E-state index is -0.335. The molecule has 88 valence electrons. The van der Waals surface area contributed by atoms with Crippen LogP contribution in [0.2, 0.25) is 0 Å². The van der Waals surface area contributed by atoms with Gasteiger partial charge in [0.15, 0.2) is 0 Å². The Bertz CT molecular complexity index is 398. The number of hydrogen-bond acceptors (Lipinski definition) is 2. The first kappa shape index (κ1) is 13.3. The average Bonchev–Trinajstić information content (AvgIpc) is 2.17. The van der Waals surface area contributed by atoms with Gasteiger partial charge in [-0.3, -0.25) is 0 Å². The molecule has 0 aliphatic carbocycles. The highest BCUT2D eigenvalue weighted by molar-refractivity contribution is 9.10. The second-order valence-electron chi connectivity index (χ2n) is 3.65. The molecule has 0 aromatic heterocycles. The number of carbonyl (C=O) groups excluding carboxylic acids is 1. The predicted octanol–water partition coefficient (Wildman–Crippen LogP) is 3.35. The van der Waals surface area contributed by atoms with E-state index in [1.165, 1.54) is 5.56 Å². The molecule has 0 saturated carbocycles. The van der Waals surface area contributed by atoms with E-state index < -0.39 is 0 Å². The number of alkyl carbamates (subject to hydrolysis) is 1. The summed E-state index contributed by atoms with van der Waals surface area (Å²) in [5.74, 6) is 0. The highest BCUT2D eigenvalue weighted by atomic mass is 79.9. The Balaban J connectivity index is 0.00000128. The molecule has 3 nitrogen and oxygen atoms in total. The van der Waals surface area contributed by atoms with Crippen LogP contribution in [0.3, 0.4) is 0 Å². The molecule has 1 saturated heterocycles. The number of nitrogens with one attached hydrogen (secondary N) is 1. The lowest BCUT2D eigenvalue weighted by Crippen LogP contribution is -2.35. The van der Waals surface area contributed by atoms with E-state index in [2.05, 4.69) is 27.3 Å². The van der Waals surface area contributed by atoms with Gasteiger partial charge in [0.1, 0.15) is 0 Å². The molecule has 1 aromatic carbocycles. The first-order valence-corrected chi connectivity index (χ1v) is 5.65. The zero-order valence-corrected chi connectivity index (χ0v) is 11.2. The molecular formula is C11H13BrClNO2. The summed E-state index contributed by atoms with van der Waals surface area (Å²) in [4.78, 5) is 11.1. The summed E-state index contributed by atoms with van der Waals surface area (Å²) >= 11 is 3.51. The van der Waals surface area contributed by atoms with Gasteiger partial charge in [0.25, 0.3) is 0 Å². The number of ether oxygens (including phenoxy) is 1. The Labute approximate surface area is 109 Å². The van der Waals surface area contributed by atoms with Gasteiger partial charge in [-0.05, 0) is 24.1 Å². The van der Waals surface area contributed by atoms with Gasteiger partial charge < -0.3 is 10.1 Å². The number of aryl methyl sites for hydroxylation is 1. The SMILES string of the molecule is Cc1ccc([C@@H]2CCOC(=O)N2)c(Br)c1.Cl. The van der Waals surface area contributed by atoms with Crippen molar-refractivity contribution < 1.29 is 9.53 Å². The van der Waals surface area contributed by atoms with E-state index in [4.69, 9.17) is 4.74 Å². The lowest BCUT2D eigenvalue weighted by molar-refractivity contribution is 0.115. The highest BCUT2D eigenvalue weighted by Crippen LogP contribution is 2.28. The van der Waals surface area contributed by atoms with Gasteiger partial charge in [-0.1, -0.05) is 28.1 Å². The average molecular weight is 307 g/mol. The number of carbonyl (C=O) groups is 1. The Kier molecular flexibility index (Phi) is 4.62. The van der Waals surface area contributed by atoms with E-state index in [0.717, 1.165) is 16.5 Å². The summed E-state index contributed by atoms with van der Waals surface area (Å²) in [6.07, 6.45) is 0.478. The molecule has 1 N–H and O–H groups in total. The van der Waals surface area contributed by atoms with Crippen LogP contribution in [0.5, 0.6) is 0 Å². The van der Waals surface area contributed by atoms with E-state index in [9.17, 15) is 4.79 Å². The largest absolute Gasteiger partial charge is 0.449 e.